The summed E-state index contributed by atoms with van der Waals surface area (Å²) in [6.45, 7) is 6.59. The average Bonchev–Trinajstić information content (AvgIpc) is 3.50. The number of nitrogens with zero attached hydrogens (tertiary/aromatic N) is 6. The summed E-state index contributed by atoms with van der Waals surface area (Å²) >= 11 is 0. The van der Waals surface area contributed by atoms with Gasteiger partial charge in [-0.2, -0.15) is 0 Å². The lowest BCUT2D eigenvalue weighted by Gasteiger charge is -2.39. The number of benzene rings is 2. The summed E-state index contributed by atoms with van der Waals surface area (Å²) in [6, 6.07) is 18.4. The molecule has 0 bridgehead atoms. The number of rotatable bonds is 8. The normalized spacial score (nSPS) is 15.8. The summed E-state index contributed by atoms with van der Waals surface area (Å²) < 4.78 is 13.6. The molecule has 0 spiro atoms. The van der Waals surface area contributed by atoms with Gasteiger partial charge in [0.1, 0.15) is 23.1 Å². The SMILES string of the molecule is CCCCn1nnnc1C(c1cc2ccccc2o1)N1CCN(c2ccc(OC)cc2)CC1. The molecule has 1 saturated heterocycles. The maximum atomic E-state index is 6.33. The first-order chi connectivity index (χ1) is 16.3. The quantitative estimate of drug-likeness (QED) is 0.403. The van der Waals surface area contributed by atoms with Gasteiger partial charge in [0.25, 0.3) is 0 Å². The molecule has 2 aromatic heterocycles. The third-order valence-corrected chi connectivity index (χ3v) is 6.36. The number of para-hydroxylation sites is 1. The fraction of sp³-hybridized carbons (Fsp3) is 0.400. The largest absolute Gasteiger partial charge is 0.497 e. The number of fused-ring (bicyclic) bond motifs is 1. The van der Waals surface area contributed by atoms with E-state index in [1.54, 1.807) is 7.11 Å². The number of methoxy groups -OCH3 is 1. The zero-order chi connectivity index (χ0) is 22.6. The second-order valence-electron chi connectivity index (χ2n) is 8.42. The van der Waals surface area contributed by atoms with Gasteiger partial charge in [-0.3, -0.25) is 4.90 Å². The van der Waals surface area contributed by atoms with Crippen molar-refractivity contribution in [2.75, 3.05) is 38.2 Å². The Hall–Kier alpha value is -3.39. The van der Waals surface area contributed by atoms with Crippen molar-refractivity contribution in [1.82, 2.24) is 25.1 Å². The van der Waals surface area contributed by atoms with Crippen molar-refractivity contribution >= 4 is 16.7 Å². The molecule has 172 valence electrons. The predicted molar refractivity (Wildman–Crippen MR) is 128 cm³/mol. The molecule has 0 radical (unpaired) electrons. The lowest BCUT2D eigenvalue weighted by molar-refractivity contribution is 0.182. The van der Waals surface area contributed by atoms with Crippen LogP contribution in [0.2, 0.25) is 0 Å². The van der Waals surface area contributed by atoms with Crippen LogP contribution in [0.25, 0.3) is 11.0 Å². The van der Waals surface area contributed by atoms with Gasteiger partial charge in [0.2, 0.25) is 0 Å². The molecule has 8 nitrogen and oxygen atoms in total. The summed E-state index contributed by atoms with van der Waals surface area (Å²) in [4.78, 5) is 4.84. The number of aryl methyl sites for hydroxylation is 1. The van der Waals surface area contributed by atoms with Gasteiger partial charge in [-0.25, -0.2) is 4.68 Å². The highest BCUT2D eigenvalue weighted by molar-refractivity contribution is 5.77. The number of hydrogen-bond acceptors (Lipinski definition) is 7. The second kappa shape index (κ2) is 9.62. The van der Waals surface area contributed by atoms with Crippen molar-refractivity contribution < 1.29 is 9.15 Å². The van der Waals surface area contributed by atoms with Crippen LogP contribution in [0.5, 0.6) is 5.75 Å². The molecule has 4 aromatic rings. The minimum Gasteiger partial charge on any atom is -0.497 e. The monoisotopic (exact) mass is 446 g/mol. The van der Waals surface area contributed by atoms with E-state index in [4.69, 9.17) is 9.15 Å². The highest BCUT2D eigenvalue weighted by atomic mass is 16.5. The number of hydrogen-bond donors (Lipinski definition) is 0. The number of piperazine rings is 1. The Labute approximate surface area is 193 Å². The Bertz CT molecular complexity index is 1140. The fourth-order valence-electron chi connectivity index (χ4n) is 4.51. The fourth-order valence-corrected chi connectivity index (χ4v) is 4.51. The van der Waals surface area contributed by atoms with Crippen molar-refractivity contribution in [2.24, 2.45) is 0 Å². The molecular weight excluding hydrogens is 416 g/mol. The Morgan fingerprint density at radius 1 is 1.03 bits per heavy atom. The van der Waals surface area contributed by atoms with Crippen LogP contribution in [0.4, 0.5) is 5.69 Å². The highest BCUT2D eigenvalue weighted by Crippen LogP contribution is 2.33. The second-order valence-corrected chi connectivity index (χ2v) is 8.42. The van der Waals surface area contributed by atoms with E-state index >= 15 is 0 Å². The Morgan fingerprint density at radius 3 is 2.55 bits per heavy atom. The number of aromatic nitrogens is 4. The third kappa shape index (κ3) is 4.43. The lowest BCUT2D eigenvalue weighted by Crippen LogP contribution is -2.48. The van der Waals surface area contributed by atoms with Crippen LogP contribution < -0.4 is 9.64 Å². The van der Waals surface area contributed by atoms with Crippen LogP contribution in [0.1, 0.15) is 37.4 Å². The smallest absolute Gasteiger partial charge is 0.176 e. The van der Waals surface area contributed by atoms with Crippen molar-refractivity contribution in [3.63, 3.8) is 0 Å². The van der Waals surface area contributed by atoms with Gasteiger partial charge in [-0.15, -0.1) is 5.10 Å². The topological polar surface area (TPSA) is 72.5 Å². The molecule has 8 heteroatoms. The molecule has 0 saturated carbocycles. The van der Waals surface area contributed by atoms with Crippen LogP contribution in [-0.4, -0.2) is 58.4 Å². The minimum atomic E-state index is -0.123. The summed E-state index contributed by atoms with van der Waals surface area (Å²) in [6.07, 6.45) is 2.13. The van der Waals surface area contributed by atoms with Crippen LogP contribution in [0, 0.1) is 0 Å². The number of unbranched alkanes of at least 4 members (excludes halogenated alkanes) is 1. The van der Waals surface area contributed by atoms with Gasteiger partial charge in [0, 0.05) is 43.8 Å². The van der Waals surface area contributed by atoms with Gasteiger partial charge in [0.15, 0.2) is 5.82 Å². The van der Waals surface area contributed by atoms with E-state index in [0.717, 1.165) is 73.9 Å². The van der Waals surface area contributed by atoms with E-state index in [1.165, 1.54) is 5.69 Å². The Morgan fingerprint density at radius 2 is 1.82 bits per heavy atom. The lowest BCUT2D eigenvalue weighted by atomic mass is 10.1. The van der Waals surface area contributed by atoms with E-state index in [0.29, 0.717) is 0 Å². The first-order valence-electron chi connectivity index (χ1n) is 11.6. The molecule has 1 unspecified atom stereocenters. The number of ether oxygens (including phenoxy) is 1. The van der Waals surface area contributed by atoms with Crippen LogP contribution in [0.3, 0.4) is 0 Å². The van der Waals surface area contributed by atoms with E-state index < -0.39 is 0 Å². The number of anilines is 1. The Kier molecular flexibility index (Phi) is 6.26. The summed E-state index contributed by atoms with van der Waals surface area (Å²) in [7, 11) is 1.69. The van der Waals surface area contributed by atoms with Crippen molar-refractivity contribution in [2.45, 2.75) is 32.4 Å². The highest BCUT2D eigenvalue weighted by Gasteiger charge is 2.33. The molecule has 0 aliphatic carbocycles. The molecule has 2 aromatic carbocycles. The molecule has 1 fully saturated rings. The zero-order valence-corrected chi connectivity index (χ0v) is 19.2. The van der Waals surface area contributed by atoms with Crippen molar-refractivity contribution in [1.29, 1.82) is 0 Å². The number of tetrazole rings is 1. The molecule has 5 rings (SSSR count). The van der Waals surface area contributed by atoms with Crippen LogP contribution in [0.15, 0.2) is 59.0 Å². The third-order valence-electron chi connectivity index (χ3n) is 6.36. The molecule has 3 heterocycles. The Balaban J connectivity index is 1.42. The zero-order valence-electron chi connectivity index (χ0n) is 19.2. The maximum absolute atomic E-state index is 6.33. The predicted octanol–water partition coefficient (Wildman–Crippen LogP) is 4.14. The van der Waals surface area contributed by atoms with E-state index in [1.807, 2.05) is 35.0 Å². The first-order valence-corrected chi connectivity index (χ1v) is 11.6. The first kappa shape index (κ1) is 21.5. The van der Waals surface area contributed by atoms with Gasteiger partial charge in [0.05, 0.1) is 7.11 Å². The molecule has 1 aliphatic rings. The van der Waals surface area contributed by atoms with Gasteiger partial charge in [-0.05, 0) is 53.2 Å². The molecule has 0 N–H and O–H groups in total. The minimum absolute atomic E-state index is 0.123. The maximum Gasteiger partial charge on any atom is 0.176 e. The van der Waals surface area contributed by atoms with Crippen molar-refractivity contribution in [3.05, 3.63) is 66.2 Å². The van der Waals surface area contributed by atoms with E-state index in [9.17, 15) is 0 Å². The molecule has 33 heavy (non-hydrogen) atoms. The van der Waals surface area contributed by atoms with Gasteiger partial charge >= 0.3 is 0 Å². The van der Waals surface area contributed by atoms with Crippen LogP contribution >= 0.6 is 0 Å². The van der Waals surface area contributed by atoms with Crippen molar-refractivity contribution in [3.8, 4) is 5.75 Å². The molecular formula is C25H30N6O2. The standard InChI is InChI=1S/C25H30N6O2/c1-3-4-13-31-25(26-27-28-31)24(23-18-19-7-5-6-8-22(19)33-23)30-16-14-29(15-17-30)20-9-11-21(32-2)12-10-20/h5-12,18,24H,3-4,13-17H2,1-2H3. The average molecular weight is 447 g/mol. The van der Waals surface area contributed by atoms with Gasteiger partial charge < -0.3 is 14.1 Å². The molecule has 1 aliphatic heterocycles. The van der Waals surface area contributed by atoms with E-state index in [-0.39, 0.29) is 6.04 Å². The molecule has 0 amide bonds. The van der Waals surface area contributed by atoms with E-state index in [2.05, 4.69) is 56.5 Å². The van der Waals surface area contributed by atoms with Gasteiger partial charge in [-0.1, -0.05) is 31.5 Å². The number of furan rings is 1. The molecule has 1 atom stereocenters. The summed E-state index contributed by atoms with van der Waals surface area (Å²) in [5.74, 6) is 2.61. The summed E-state index contributed by atoms with van der Waals surface area (Å²) in [5.41, 5.74) is 2.10. The summed E-state index contributed by atoms with van der Waals surface area (Å²) in [5, 5.41) is 13.9. The van der Waals surface area contributed by atoms with Crippen LogP contribution in [-0.2, 0) is 6.54 Å².